The number of fused-ring (bicyclic) bond motifs is 1. The first-order chi connectivity index (χ1) is 9.58. The Morgan fingerprint density at radius 3 is 2.90 bits per heavy atom. The second-order valence-corrected chi connectivity index (χ2v) is 7.24. The summed E-state index contributed by atoms with van der Waals surface area (Å²) in [6.45, 7) is 7.82. The third kappa shape index (κ3) is 2.51. The highest BCUT2D eigenvalue weighted by atomic mass is 35.5. The lowest BCUT2D eigenvalue weighted by atomic mass is 9.95. The molecular weight excluding hydrogens is 290 g/mol. The smallest absolute Gasteiger partial charge is 0.225 e. The quantitative estimate of drug-likeness (QED) is 0.763. The van der Waals surface area contributed by atoms with Gasteiger partial charge in [-0.05, 0) is 49.8 Å². The van der Waals surface area contributed by atoms with Gasteiger partial charge in [0, 0.05) is 17.5 Å². The number of hydrogen-bond donors (Lipinski definition) is 0. The summed E-state index contributed by atoms with van der Waals surface area (Å²) in [5.74, 6) is 1.73. The second kappa shape index (κ2) is 5.49. The molecule has 0 aliphatic carbocycles. The number of nitrogens with zero attached hydrogens (tertiary/aromatic N) is 3. The van der Waals surface area contributed by atoms with Crippen molar-refractivity contribution in [2.75, 3.05) is 11.4 Å². The van der Waals surface area contributed by atoms with Crippen molar-refractivity contribution in [1.82, 2.24) is 9.97 Å². The van der Waals surface area contributed by atoms with Gasteiger partial charge in [0.05, 0.1) is 5.39 Å². The Bertz CT molecular complexity index is 625. The van der Waals surface area contributed by atoms with E-state index in [0.717, 1.165) is 29.0 Å². The maximum absolute atomic E-state index is 6.14. The molecule has 0 spiro atoms. The molecule has 2 atom stereocenters. The topological polar surface area (TPSA) is 29.0 Å². The van der Waals surface area contributed by atoms with Crippen molar-refractivity contribution in [3.05, 3.63) is 16.2 Å². The standard InChI is InChI=1S/C15H20ClN3S/c1-4-11-7-12-13(17-15(16)18-14(12)20-11)19-8-9(2)5-6-10(19)3/h7,9-10H,4-6,8H2,1-3H3. The second-order valence-electron chi connectivity index (χ2n) is 5.79. The normalized spacial score (nSPS) is 23.5. The van der Waals surface area contributed by atoms with E-state index in [1.807, 2.05) is 0 Å². The molecule has 3 nitrogen and oxygen atoms in total. The zero-order chi connectivity index (χ0) is 14.3. The number of piperidine rings is 1. The van der Waals surface area contributed by atoms with Gasteiger partial charge in [-0.3, -0.25) is 0 Å². The van der Waals surface area contributed by atoms with Gasteiger partial charge < -0.3 is 4.90 Å². The summed E-state index contributed by atoms with van der Waals surface area (Å²) >= 11 is 7.87. The summed E-state index contributed by atoms with van der Waals surface area (Å²) in [6.07, 6.45) is 3.54. The minimum Gasteiger partial charge on any atom is -0.353 e. The number of aryl methyl sites for hydroxylation is 1. The third-order valence-corrected chi connectivity index (χ3v) is 5.48. The zero-order valence-corrected chi connectivity index (χ0v) is 13.8. The summed E-state index contributed by atoms with van der Waals surface area (Å²) in [6, 6.07) is 2.75. The Balaban J connectivity index is 2.11. The summed E-state index contributed by atoms with van der Waals surface area (Å²) in [5.41, 5.74) is 0. The summed E-state index contributed by atoms with van der Waals surface area (Å²) in [5, 5.41) is 1.53. The Morgan fingerprint density at radius 1 is 1.35 bits per heavy atom. The van der Waals surface area contributed by atoms with E-state index in [4.69, 9.17) is 11.6 Å². The molecule has 0 N–H and O–H groups in total. The first-order valence-corrected chi connectivity index (χ1v) is 8.50. The van der Waals surface area contributed by atoms with Gasteiger partial charge in [0.15, 0.2) is 0 Å². The van der Waals surface area contributed by atoms with E-state index in [1.165, 1.54) is 17.7 Å². The molecule has 20 heavy (non-hydrogen) atoms. The van der Waals surface area contributed by atoms with Gasteiger partial charge in [0.25, 0.3) is 0 Å². The Labute approximate surface area is 129 Å². The first-order valence-electron chi connectivity index (χ1n) is 7.31. The van der Waals surface area contributed by atoms with Crippen molar-refractivity contribution < 1.29 is 0 Å². The highest BCUT2D eigenvalue weighted by Gasteiger charge is 2.26. The Morgan fingerprint density at radius 2 is 2.15 bits per heavy atom. The van der Waals surface area contributed by atoms with Gasteiger partial charge in [0.2, 0.25) is 5.28 Å². The van der Waals surface area contributed by atoms with Crippen LogP contribution in [0, 0.1) is 5.92 Å². The maximum atomic E-state index is 6.14. The number of aromatic nitrogens is 2. The van der Waals surface area contributed by atoms with Crippen LogP contribution in [0.5, 0.6) is 0 Å². The molecule has 2 aromatic rings. The van der Waals surface area contributed by atoms with Crippen molar-refractivity contribution in [3.8, 4) is 0 Å². The van der Waals surface area contributed by atoms with Crippen LogP contribution in [0.25, 0.3) is 10.2 Å². The molecule has 108 valence electrons. The van der Waals surface area contributed by atoms with E-state index in [-0.39, 0.29) is 0 Å². The molecule has 1 saturated heterocycles. The monoisotopic (exact) mass is 309 g/mol. The highest BCUT2D eigenvalue weighted by Crippen LogP contribution is 2.35. The molecule has 3 heterocycles. The van der Waals surface area contributed by atoms with Gasteiger partial charge in [0.1, 0.15) is 10.6 Å². The molecule has 2 aromatic heterocycles. The number of halogens is 1. The highest BCUT2D eigenvalue weighted by molar-refractivity contribution is 7.18. The van der Waals surface area contributed by atoms with E-state index < -0.39 is 0 Å². The molecule has 1 aliphatic heterocycles. The summed E-state index contributed by atoms with van der Waals surface area (Å²) < 4.78 is 0. The van der Waals surface area contributed by atoms with Gasteiger partial charge in [-0.15, -0.1) is 11.3 Å². The fraction of sp³-hybridized carbons (Fsp3) is 0.600. The van der Waals surface area contributed by atoms with E-state index >= 15 is 0 Å². The molecule has 0 saturated carbocycles. The lowest BCUT2D eigenvalue weighted by Gasteiger charge is -2.38. The number of thiophene rings is 1. The molecule has 5 heteroatoms. The van der Waals surface area contributed by atoms with Gasteiger partial charge in [-0.1, -0.05) is 13.8 Å². The van der Waals surface area contributed by atoms with E-state index in [1.54, 1.807) is 11.3 Å². The number of anilines is 1. The fourth-order valence-electron chi connectivity index (χ4n) is 2.91. The largest absolute Gasteiger partial charge is 0.353 e. The maximum Gasteiger partial charge on any atom is 0.225 e. The molecule has 1 fully saturated rings. The minimum absolute atomic E-state index is 0.363. The van der Waals surface area contributed by atoms with Crippen molar-refractivity contribution in [1.29, 1.82) is 0 Å². The van der Waals surface area contributed by atoms with Crippen LogP contribution in [-0.4, -0.2) is 22.6 Å². The van der Waals surface area contributed by atoms with Crippen LogP contribution in [0.3, 0.4) is 0 Å². The van der Waals surface area contributed by atoms with Crippen LogP contribution in [-0.2, 0) is 6.42 Å². The van der Waals surface area contributed by atoms with Crippen LogP contribution in [0.1, 0.15) is 38.5 Å². The average molecular weight is 310 g/mol. The van der Waals surface area contributed by atoms with Crippen molar-refractivity contribution in [3.63, 3.8) is 0 Å². The molecule has 0 aromatic carbocycles. The van der Waals surface area contributed by atoms with Crippen LogP contribution in [0.4, 0.5) is 5.82 Å². The van der Waals surface area contributed by atoms with Crippen molar-refractivity contribution in [2.24, 2.45) is 5.92 Å². The van der Waals surface area contributed by atoms with Crippen molar-refractivity contribution in [2.45, 2.75) is 46.1 Å². The lowest BCUT2D eigenvalue weighted by molar-refractivity contribution is 0.389. The molecule has 2 unspecified atom stereocenters. The van der Waals surface area contributed by atoms with E-state index in [0.29, 0.717) is 17.2 Å². The third-order valence-electron chi connectivity index (χ3n) is 4.13. The summed E-state index contributed by atoms with van der Waals surface area (Å²) in [4.78, 5) is 13.7. The van der Waals surface area contributed by atoms with Crippen LogP contribution < -0.4 is 4.90 Å². The molecule has 1 aliphatic rings. The Hall–Kier alpha value is -0.870. The predicted molar refractivity (Wildman–Crippen MR) is 87.0 cm³/mol. The van der Waals surface area contributed by atoms with Gasteiger partial charge >= 0.3 is 0 Å². The van der Waals surface area contributed by atoms with E-state index in [2.05, 4.69) is 41.7 Å². The fourth-order valence-corrected chi connectivity index (χ4v) is 4.08. The van der Waals surface area contributed by atoms with Crippen LogP contribution in [0.2, 0.25) is 5.28 Å². The molecule has 0 bridgehead atoms. The lowest BCUT2D eigenvalue weighted by Crippen LogP contribution is -2.41. The number of rotatable bonds is 2. The molecule has 3 rings (SSSR count). The van der Waals surface area contributed by atoms with Gasteiger partial charge in [-0.2, -0.15) is 4.98 Å². The SMILES string of the molecule is CCc1cc2c(N3CC(C)CCC3C)nc(Cl)nc2s1. The zero-order valence-electron chi connectivity index (χ0n) is 12.2. The average Bonchev–Trinajstić information content (AvgIpc) is 2.83. The molecule has 0 amide bonds. The summed E-state index contributed by atoms with van der Waals surface area (Å²) in [7, 11) is 0. The van der Waals surface area contributed by atoms with Crippen LogP contribution in [0.15, 0.2) is 6.07 Å². The van der Waals surface area contributed by atoms with E-state index in [9.17, 15) is 0 Å². The van der Waals surface area contributed by atoms with Crippen molar-refractivity contribution >= 4 is 39.0 Å². The Kier molecular flexibility index (Phi) is 3.87. The minimum atomic E-state index is 0.363. The van der Waals surface area contributed by atoms with Gasteiger partial charge in [-0.25, -0.2) is 4.98 Å². The molecular formula is C15H20ClN3S. The van der Waals surface area contributed by atoms with Crippen LogP contribution >= 0.6 is 22.9 Å². The first kappa shape index (κ1) is 14.1. The number of hydrogen-bond acceptors (Lipinski definition) is 4. The molecule has 0 radical (unpaired) electrons. The predicted octanol–water partition coefficient (Wildman–Crippen LogP) is 4.53.